The van der Waals surface area contributed by atoms with Gasteiger partial charge in [-0.2, -0.15) is 5.10 Å². The van der Waals surface area contributed by atoms with E-state index < -0.39 is 0 Å². The number of thiophene rings is 1. The van der Waals surface area contributed by atoms with Crippen LogP contribution in [0.15, 0.2) is 29.9 Å². The van der Waals surface area contributed by atoms with Crippen LogP contribution in [0.3, 0.4) is 0 Å². The highest BCUT2D eigenvalue weighted by molar-refractivity contribution is 7.10. The van der Waals surface area contributed by atoms with E-state index in [2.05, 4.69) is 48.0 Å². The van der Waals surface area contributed by atoms with Crippen molar-refractivity contribution >= 4 is 11.3 Å². The van der Waals surface area contributed by atoms with Gasteiger partial charge in [0.05, 0.1) is 6.20 Å². The van der Waals surface area contributed by atoms with Crippen LogP contribution in [0.25, 0.3) is 0 Å². The summed E-state index contributed by atoms with van der Waals surface area (Å²) in [6.45, 7) is 6.24. The Bertz CT molecular complexity index is 433. The minimum absolute atomic E-state index is 0.407. The van der Waals surface area contributed by atoms with Gasteiger partial charge in [0.15, 0.2) is 0 Å². The van der Waals surface area contributed by atoms with Crippen molar-refractivity contribution in [3.05, 3.63) is 40.3 Å². The van der Waals surface area contributed by atoms with Gasteiger partial charge in [-0.15, -0.1) is 11.3 Å². The maximum Gasteiger partial charge on any atom is 0.0534 e. The summed E-state index contributed by atoms with van der Waals surface area (Å²) in [5, 5.41) is 9.96. The fraction of sp³-hybridized carbons (Fsp3) is 0.462. The van der Waals surface area contributed by atoms with Gasteiger partial charge in [0.25, 0.3) is 0 Å². The van der Waals surface area contributed by atoms with E-state index in [0.717, 1.165) is 19.5 Å². The molecule has 2 aromatic rings. The minimum Gasteiger partial charge on any atom is -0.305 e. The molecule has 0 bridgehead atoms. The second kappa shape index (κ2) is 5.98. The lowest BCUT2D eigenvalue weighted by atomic mass is 10.2. The molecular weight excluding hydrogens is 230 g/mol. The molecule has 0 amide bonds. The van der Waals surface area contributed by atoms with Crippen molar-refractivity contribution in [1.82, 2.24) is 15.1 Å². The first kappa shape index (κ1) is 12.3. The Kier molecular flexibility index (Phi) is 4.34. The Morgan fingerprint density at radius 1 is 1.53 bits per heavy atom. The van der Waals surface area contributed by atoms with Crippen LogP contribution in [0.4, 0.5) is 0 Å². The average molecular weight is 249 g/mol. The summed E-state index contributed by atoms with van der Waals surface area (Å²) in [7, 11) is 0. The zero-order valence-corrected chi connectivity index (χ0v) is 11.2. The van der Waals surface area contributed by atoms with Crippen LogP contribution in [0.2, 0.25) is 0 Å². The lowest BCUT2D eigenvalue weighted by molar-refractivity contribution is 0.579. The first-order chi connectivity index (χ1) is 8.29. The molecule has 1 N–H and O–H groups in total. The molecule has 0 fully saturated rings. The molecule has 0 aliphatic heterocycles. The molecule has 3 nitrogen and oxygen atoms in total. The SMILES string of the molecule is CCCn1cc(CN[C@@H](C)c2cccs2)cn1. The third kappa shape index (κ3) is 3.41. The first-order valence-corrected chi connectivity index (χ1v) is 6.95. The van der Waals surface area contributed by atoms with Gasteiger partial charge in [-0.1, -0.05) is 13.0 Å². The van der Waals surface area contributed by atoms with Crippen LogP contribution >= 0.6 is 11.3 Å². The van der Waals surface area contributed by atoms with Gasteiger partial charge < -0.3 is 5.32 Å². The van der Waals surface area contributed by atoms with Crippen LogP contribution in [0.1, 0.15) is 36.8 Å². The summed E-state index contributed by atoms with van der Waals surface area (Å²) < 4.78 is 2.01. The van der Waals surface area contributed by atoms with Gasteiger partial charge >= 0.3 is 0 Å². The van der Waals surface area contributed by atoms with Crippen molar-refractivity contribution in [2.45, 2.75) is 39.4 Å². The van der Waals surface area contributed by atoms with E-state index in [-0.39, 0.29) is 0 Å². The number of nitrogens with one attached hydrogen (secondary N) is 1. The normalized spacial score (nSPS) is 12.8. The Labute approximate surface area is 106 Å². The van der Waals surface area contributed by atoms with E-state index >= 15 is 0 Å². The summed E-state index contributed by atoms with van der Waals surface area (Å²) in [6, 6.07) is 4.67. The molecule has 1 atom stereocenters. The number of hydrogen-bond acceptors (Lipinski definition) is 3. The molecule has 2 aromatic heterocycles. The summed E-state index contributed by atoms with van der Waals surface area (Å²) in [4.78, 5) is 1.38. The number of nitrogens with zero attached hydrogens (tertiary/aromatic N) is 2. The van der Waals surface area contributed by atoms with Crippen molar-refractivity contribution in [2.24, 2.45) is 0 Å². The van der Waals surface area contributed by atoms with Crippen molar-refractivity contribution < 1.29 is 0 Å². The van der Waals surface area contributed by atoms with Crippen LogP contribution in [-0.2, 0) is 13.1 Å². The van der Waals surface area contributed by atoms with Crippen LogP contribution in [0, 0.1) is 0 Å². The third-order valence-electron chi connectivity index (χ3n) is 2.72. The zero-order chi connectivity index (χ0) is 12.1. The topological polar surface area (TPSA) is 29.9 Å². The Morgan fingerprint density at radius 3 is 3.12 bits per heavy atom. The predicted octanol–water partition coefficient (Wildman–Crippen LogP) is 3.21. The minimum atomic E-state index is 0.407. The standard InChI is InChI=1S/C13H19N3S/c1-3-6-16-10-12(9-15-16)8-14-11(2)13-5-4-7-17-13/h4-5,7,9-11,14H,3,6,8H2,1-2H3/t11-/m0/s1. The number of aromatic nitrogens is 2. The van der Waals surface area contributed by atoms with Crippen molar-refractivity contribution in [3.63, 3.8) is 0 Å². The van der Waals surface area contributed by atoms with Gasteiger partial charge in [-0.3, -0.25) is 4.68 Å². The van der Waals surface area contributed by atoms with E-state index in [1.54, 1.807) is 11.3 Å². The number of rotatable bonds is 6. The monoisotopic (exact) mass is 249 g/mol. The number of aryl methyl sites for hydroxylation is 1. The van der Waals surface area contributed by atoms with Crippen LogP contribution in [0.5, 0.6) is 0 Å². The zero-order valence-electron chi connectivity index (χ0n) is 10.4. The Morgan fingerprint density at radius 2 is 2.41 bits per heavy atom. The van der Waals surface area contributed by atoms with E-state index in [9.17, 15) is 0 Å². The smallest absolute Gasteiger partial charge is 0.0534 e. The molecule has 0 aliphatic rings. The van der Waals surface area contributed by atoms with E-state index in [0.29, 0.717) is 6.04 Å². The lowest BCUT2D eigenvalue weighted by Gasteiger charge is -2.10. The molecule has 0 saturated heterocycles. The molecule has 2 rings (SSSR count). The molecule has 0 saturated carbocycles. The molecule has 0 radical (unpaired) electrons. The van der Waals surface area contributed by atoms with Gasteiger partial charge in [-0.05, 0) is 24.8 Å². The molecule has 4 heteroatoms. The summed E-state index contributed by atoms with van der Waals surface area (Å²) in [5.41, 5.74) is 1.25. The highest BCUT2D eigenvalue weighted by Crippen LogP contribution is 2.18. The summed E-state index contributed by atoms with van der Waals surface area (Å²) >= 11 is 1.80. The molecular formula is C13H19N3S. The molecule has 17 heavy (non-hydrogen) atoms. The van der Waals surface area contributed by atoms with Gasteiger partial charge in [0.1, 0.15) is 0 Å². The number of hydrogen-bond donors (Lipinski definition) is 1. The second-order valence-corrected chi connectivity index (χ2v) is 5.21. The molecule has 0 aromatic carbocycles. The molecule has 0 spiro atoms. The van der Waals surface area contributed by atoms with Gasteiger partial charge in [0.2, 0.25) is 0 Å². The first-order valence-electron chi connectivity index (χ1n) is 6.07. The average Bonchev–Trinajstić information content (AvgIpc) is 2.97. The van der Waals surface area contributed by atoms with Gasteiger partial charge in [-0.25, -0.2) is 0 Å². The lowest BCUT2D eigenvalue weighted by Crippen LogP contribution is -2.16. The van der Waals surface area contributed by atoms with E-state index in [1.807, 2.05) is 10.9 Å². The quantitative estimate of drug-likeness (QED) is 0.852. The molecule has 0 aliphatic carbocycles. The van der Waals surface area contributed by atoms with Crippen LogP contribution < -0.4 is 5.32 Å². The Hall–Kier alpha value is -1.13. The van der Waals surface area contributed by atoms with Crippen molar-refractivity contribution in [3.8, 4) is 0 Å². The summed E-state index contributed by atoms with van der Waals surface area (Å²) in [5.74, 6) is 0. The largest absolute Gasteiger partial charge is 0.305 e. The van der Waals surface area contributed by atoms with Crippen LogP contribution in [-0.4, -0.2) is 9.78 Å². The van der Waals surface area contributed by atoms with Crippen molar-refractivity contribution in [1.29, 1.82) is 0 Å². The fourth-order valence-electron chi connectivity index (χ4n) is 1.76. The maximum atomic E-state index is 4.33. The van der Waals surface area contributed by atoms with Crippen molar-refractivity contribution in [2.75, 3.05) is 0 Å². The fourth-order valence-corrected chi connectivity index (χ4v) is 2.52. The second-order valence-electron chi connectivity index (χ2n) is 4.23. The highest BCUT2D eigenvalue weighted by Gasteiger charge is 2.06. The molecule has 2 heterocycles. The summed E-state index contributed by atoms with van der Waals surface area (Å²) in [6.07, 6.45) is 5.20. The molecule has 92 valence electrons. The predicted molar refractivity (Wildman–Crippen MR) is 72.1 cm³/mol. The molecule has 0 unspecified atom stereocenters. The third-order valence-corrected chi connectivity index (χ3v) is 3.78. The van der Waals surface area contributed by atoms with E-state index in [1.165, 1.54) is 10.4 Å². The highest BCUT2D eigenvalue weighted by atomic mass is 32.1. The van der Waals surface area contributed by atoms with E-state index in [4.69, 9.17) is 0 Å². The Balaban J connectivity index is 1.84. The van der Waals surface area contributed by atoms with Gasteiger partial charge in [0, 0.05) is 35.8 Å². The maximum absolute atomic E-state index is 4.33.